The maximum atomic E-state index is 13.0. The molecule has 0 atom stereocenters. The molecule has 0 bridgehead atoms. The molecular weight excluding hydrogens is 469 g/mol. The fourth-order valence-corrected chi connectivity index (χ4v) is 4.31. The average Bonchev–Trinajstić information content (AvgIpc) is 2.75. The number of benzene rings is 3. The van der Waals surface area contributed by atoms with E-state index < -0.39 is 0 Å². The number of amides is 2. The van der Waals surface area contributed by atoms with E-state index in [1.54, 1.807) is 17.0 Å². The second-order valence-electron chi connectivity index (χ2n) is 8.51. The van der Waals surface area contributed by atoms with Crippen LogP contribution in [0.3, 0.4) is 0 Å². The van der Waals surface area contributed by atoms with Crippen LogP contribution < -0.4 is 10.6 Å². The highest BCUT2D eigenvalue weighted by Crippen LogP contribution is 2.24. The van der Waals surface area contributed by atoms with E-state index in [4.69, 9.17) is 23.2 Å². The number of nitrogens with zero attached hydrogens (tertiary/aromatic N) is 1. The average molecular weight is 498 g/mol. The molecule has 3 rings (SSSR count). The zero-order valence-electron chi connectivity index (χ0n) is 19.8. The van der Waals surface area contributed by atoms with Gasteiger partial charge in [0.1, 0.15) is 0 Å². The van der Waals surface area contributed by atoms with E-state index in [0.29, 0.717) is 16.6 Å². The van der Waals surface area contributed by atoms with Crippen LogP contribution in [-0.2, 0) is 16.1 Å². The lowest BCUT2D eigenvalue weighted by Crippen LogP contribution is -2.38. The van der Waals surface area contributed by atoms with Crippen molar-refractivity contribution in [2.24, 2.45) is 0 Å². The summed E-state index contributed by atoms with van der Waals surface area (Å²) < 4.78 is 0. The predicted octanol–water partition coefficient (Wildman–Crippen LogP) is 6.31. The van der Waals surface area contributed by atoms with Gasteiger partial charge in [0.2, 0.25) is 11.8 Å². The third kappa shape index (κ3) is 6.83. The molecule has 178 valence electrons. The van der Waals surface area contributed by atoms with Gasteiger partial charge in [0.05, 0.1) is 13.1 Å². The lowest BCUT2D eigenvalue weighted by atomic mass is 10.1. The van der Waals surface area contributed by atoms with E-state index >= 15 is 0 Å². The van der Waals surface area contributed by atoms with E-state index in [0.717, 1.165) is 39.2 Å². The lowest BCUT2D eigenvalue weighted by molar-refractivity contribution is -0.120. The van der Waals surface area contributed by atoms with Crippen LogP contribution in [-0.4, -0.2) is 29.8 Å². The third-order valence-corrected chi connectivity index (χ3v) is 6.22. The molecule has 0 saturated carbocycles. The minimum Gasteiger partial charge on any atom is -0.324 e. The van der Waals surface area contributed by atoms with Gasteiger partial charge in [-0.05, 0) is 67.6 Å². The first kappa shape index (κ1) is 25.8. The van der Waals surface area contributed by atoms with Crippen LogP contribution in [0.5, 0.6) is 0 Å². The van der Waals surface area contributed by atoms with Crippen LogP contribution >= 0.6 is 23.2 Å². The van der Waals surface area contributed by atoms with Crippen molar-refractivity contribution in [3.63, 3.8) is 0 Å². The number of nitrogens with one attached hydrogen (secondary N) is 2. The molecule has 2 N–H and O–H groups in total. The fraction of sp³-hybridized carbons (Fsp3) is 0.259. The first-order valence-electron chi connectivity index (χ1n) is 11.0. The quantitative estimate of drug-likeness (QED) is 0.383. The molecule has 34 heavy (non-hydrogen) atoms. The summed E-state index contributed by atoms with van der Waals surface area (Å²) in [6.07, 6.45) is 0. The summed E-state index contributed by atoms with van der Waals surface area (Å²) in [4.78, 5) is 27.7. The Morgan fingerprint density at radius 2 is 1.18 bits per heavy atom. The van der Waals surface area contributed by atoms with E-state index in [-0.39, 0.29) is 24.9 Å². The number of hydrogen-bond acceptors (Lipinski definition) is 3. The normalized spacial score (nSPS) is 10.9. The predicted molar refractivity (Wildman–Crippen MR) is 141 cm³/mol. The molecular formula is C27H29Cl2N3O2. The van der Waals surface area contributed by atoms with Gasteiger partial charge >= 0.3 is 0 Å². The second-order valence-corrected chi connectivity index (χ2v) is 9.35. The topological polar surface area (TPSA) is 61.4 Å². The molecule has 0 aliphatic heterocycles. The first-order valence-corrected chi connectivity index (χ1v) is 11.8. The van der Waals surface area contributed by atoms with Gasteiger partial charge in [-0.1, -0.05) is 65.7 Å². The number of para-hydroxylation sites is 2. The Bertz CT molecular complexity index is 1100. The summed E-state index contributed by atoms with van der Waals surface area (Å²) in [6.45, 7) is 8.16. The molecule has 7 heteroatoms. The minimum absolute atomic E-state index is 0.0207. The third-order valence-electron chi connectivity index (χ3n) is 5.63. The van der Waals surface area contributed by atoms with Crippen LogP contribution in [0.4, 0.5) is 11.4 Å². The van der Waals surface area contributed by atoms with Crippen LogP contribution in [0.2, 0.25) is 10.0 Å². The summed E-state index contributed by atoms with van der Waals surface area (Å²) in [5.41, 5.74) is 6.28. The molecule has 3 aromatic rings. The van der Waals surface area contributed by atoms with Gasteiger partial charge in [-0.15, -0.1) is 0 Å². The van der Waals surface area contributed by atoms with Gasteiger partial charge in [0.25, 0.3) is 0 Å². The molecule has 0 spiro atoms. The first-order chi connectivity index (χ1) is 16.1. The molecule has 0 aliphatic carbocycles. The van der Waals surface area contributed by atoms with Crippen molar-refractivity contribution in [1.82, 2.24) is 4.90 Å². The van der Waals surface area contributed by atoms with Crippen LogP contribution in [0.25, 0.3) is 0 Å². The Morgan fingerprint density at radius 1 is 0.735 bits per heavy atom. The van der Waals surface area contributed by atoms with Crippen LogP contribution in [0.15, 0.2) is 54.6 Å². The van der Waals surface area contributed by atoms with Crippen molar-refractivity contribution in [2.75, 3.05) is 23.7 Å². The van der Waals surface area contributed by atoms with E-state index in [1.807, 2.05) is 70.2 Å². The maximum Gasteiger partial charge on any atom is 0.238 e. The van der Waals surface area contributed by atoms with Crippen LogP contribution in [0, 0.1) is 27.7 Å². The number of carbonyl (C=O) groups is 2. The number of anilines is 2. The smallest absolute Gasteiger partial charge is 0.238 e. The molecule has 0 heterocycles. The zero-order valence-corrected chi connectivity index (χ0v) is 21.3. The van der Waals surface area contributed by atoms with Crippen molar-refractivity contribution >= 4 is 46.4 Å². The Morgan fingerprint density at radius 3 is 1.59 bits per heavy atom. The maximum absolute atomic E-state index is 13.0. The largest absolute Gasteiger partial charge is 0.324 e. The number of hydrogen-bond donors (Lipinski definition) is 2. The Labute approximate surface area is 211 Å². The SMILES string of the molecule is Cc1cccc(C)c1NC(=O)CN(CC(=O)Nc1c(C)cccc1C)Cc1ccc(Cl)cc1Cl. The summed E-state index contributed by atoms with van der Waals surface area (Å²) in [7, 11) is 0. The van der Waals surface area contributed by atoms with Crippen molar-refractivity contribution in [3.8, 4) is 0 Å². The molecule has 2 amide bonds. The second kappa shape index (κ2) is 11.5. The van der Waals surface area contributed by atoms with Gasteiger partial charge in [-0.3, -0.25) is 14.5 Å². The minimum atomic E-state index is -0.206. The summed E-state index contributed by atoms with van der Waals surface area (Å²) >= 11 is 12.4. The Kier molecular flexibility index (Phi) is 8.72. The van der Waals surface area contributed by atoms with Crippen molar-refractivity contribution in [2.45, 2.75) is 34.2 Å². The Hall–Kier alpha value is -2.86. The summed E-state index contributed by atoms with van der Waals surface area (Å²) in [5, 5.41) is 7.00. The van der Waals surface area contributed by atoms with Gasteiger partial charge in [-0.2, -0.15) is 0 Å². The van der Waals surface area contributed by atoms with Crippen LogP contribution in [0.1, 0.15) is 27.8 Å². The molecule has 0 fully saturated rings. The number of halogens is 2. The highest BCUT2D eigenvalue weighted by molar-refractivity contribution is 6.35. The fourth-order valence-electron chi connectivity index (χ4n) is 3.85. The lowest BCUT2D eigenvalue weighted by Gasteiger charge is -2.23. The van der Waals surface area contributed by atoms with E-state index in [1.165, 1.54) is 0 Å². The highest BCUT2D eigenvalue weighted by Gasteiger charge is 2.19. The molecule has 0 aliphatic rings. The molecule has 0 saturated heterocycles. The van der Waals surface area contributed by atoms with Gasteiger partial charge in [0, 0.05) is 28.0 Å². The molecule has 0 radical (unpaired) electrons. The molecule has 3 aromatic carbocycles. The zero-order chi connectivity index (χ0) is 24.8. The van der Waals surface area contributed by atoms with Crippen molar-refractivity contribution in [1.29, 1.82) is 0 Å². The van der Waals surface area contributed by atoms with Crippen molar-refractivity contribution in [3.05, 3.63) is 92.5 Å². The summed E-state index contributed by atoms with van der Waals surface area (Å²) in [5.74, 6) is -0.412. The van der Waals surface area contributed by atoms with Crippen molar-refractivity contribution < 1.29 is 9.59 Å². The molecule has 0 aromatic heterocycles. The van der Waals surface area contributed by atoms with E-state index in [2.05, 4.69) is 10.6 Å². The molecule has 0 unspecified atom stereocenters. The Balaban J connectivity index is 1.78. The number of rotatable bonds is 8. The van der Waals surface area contributed by atoms with Gasteiger partial charge < -0.3 is 10.6 Å². The monoisotopic (exact) mass is 497 g/mol. The summed E-state index contributed by atoms with van der Waals surface area (Å²) in [6, 6.07) is 16.9. The van der Waals surface area contributed by atoms with Gasteiger partial charge in [-0.25, -0.2) is 0 Å². The number of aryl methyl sites for hydroxylation is 4. The number of carbonyl (C=O) groups excluding carboxylic acids is 2. The molecule has 5 nitrogen and oxygen atoms in total. The van der Waals surface area contributed by atoms with E-state index in [9.17, 15) is 9.59 Å². The highest BCUT2D eigenvalue weighted by atomic mass is 35.5. The standard InChI is InChI=1S/C27H29Cl2N3O2/c1-17-7-5-8-18(2)26(17)30-24(33)15-32(14-21-11-12-22(28)13-23(21)29)16-25(34)31-27-19(3)9-6-10-20(27)4/h5-13H,14-16H2,1-4H3,(H,30,33)(H,31,34). The van der Waals surface area contributed by atoms with Gasteiger partial charge in [0.15, 0.2) is 0 Å².